The van der Waals surface area contributed by atoms with Gasteiger partial charge in [-0.15, -0.1) is 0 Å². The maximum Gasteiger partial charge on any atom is 0.220 e. The van der Waals surface area contributed by atoms with Crippen LogP contribution in [0.3, 0.4) is 0 Å². The fourth-order valence-electron chi connectivity index (χ4n) is 2.04. The second-order valence-corrected chi connectivity index (χ2v) is 5.26. The Morgan fingerprint density at radius 1 is 1.18 bits per heavy atom. The molecule has 102 valence electrons. The summed E-state index contributed by atoms with van der Waals surface area (Å²) < 4.78 is 5.21. The van der Waals surface area contributed by atoms with Gasteiger partial charge in [0.25, 0.3) is 0 Å². The van der Waals surface area contributed by atoms with Gasteiger partial charge in [0.05, 0.1) is 0 Å². The first kappa shape index (κ1) is 16.4. The van der Waals surface area contributed by atoms with Gasteiger partial charge in [-0.05, 0) is 31.1 Å². The third-order valence-electron chi connectivity index (χ3n) is 3.14. The Hall–Kier alpha value is -0.570. The second-order valence-electron chi connectivity index (χ2n) is 5.26. The minimum atomic E-state index is 0.149. The molecule has 3 heteroatoms. The minimum absolute atomic E-state index is 0.149. The summed E-state index contributed by atoms with van der Waals surface area (Å²) in [6.07, 6.45) is 1.39. The van der Waals surface area contributed by atoms with Crippen LogP contribution in [-0.4, -0.2) is 25.7 Å². The molecule has 0 fully saturated rings. The highest BCUT2D eigenvalue weighted by Crippen LogP contribution is 2.19. The fourth-order valence-corrected chi connectivity index (χ4v) is 2.04. The molecule has 0 aliphatic rings. The molecule has 0 saturated carbocycles. The Bertz CT molecular complexity index is 194. The van der Waals surface area contributed by atoms with Crippen molar-refractivity contribution >= 4 is 5.91 Å². The zero-order chi connectivity index (χ0) is 13.3. The van der Waals surface area contributed by atoms with Crippen molar-refractivity contribution in [2.24, 2.45) is 17.8 Å². The molecular formula is C14H29NO2. The Labute approximate surface area is 106 Å². The van der Waals surface area contributed by atoms with Gasteiger partial charge in [-0.2, -0.15) is 0 Å². The number of amides is 1. The van der Waals surface area contributed by atoms with E-state index in [9.17, 15) is 4.79 Å². The maximum absolute atomic E-state index is 11.6. The summed E-state index contributed by atoms with van der Waals surface area (Å²) in [6.45, 7) is 13.0. The molecule has 0 aliphatic carbocycles. The lowest BCUT2D eigenvalue weighted by Gasteiger charge is -2.25. The lowest BCUT2D eigenvalue weighted by atomic mass is 9.85. The van der Waals surface area contributed by atoms with E-state index in [1.54, 1.807) is 0 Å². The summed E-state index contributed by atoms with van der Waals surface area (Å²) in [6, 6.07) is 0. The van der Waals surface area contributed by atoms with E-state index in [2.05, 4.69) is 33.0 Å². The van der Waals surface area contributed by atoms with Gasteiger partial charge in [0, 0.05) is 26.2 Å². The van der Waals surface area contributed by atoms with E-state index in [1.165, 1.54) is 0 Å². The van der Waals surface area contributed by atoms with Crippen molar-refractivity contribution in [3.8, 4) is 0 Å². The highest BCUT2D eigenvalue weighted by atomic mass is 16.5. The zero-order valence-electron chi connectivity index (χ0n) is 12.1. The average molecular weight is 243 g/mol. The molecule has 0 aromatic rings. The van der Waals surface area contributed by atoms with Gasteiger partial charge < -0.3 is 10.1 Å². The lowest BCUT2D eigenvalue weighted by molar-refractivity contribution is -0.121. The monoisotopic (exact) mass is 243 g/mol. The van der Waals surface area contributed by atoms with E-state index in [0.29, 0.717) is 30.8 Å². The Morgan fingerprint density at radius 2 is 1.76 bits per heavy atom. The van der Waals surface area contributed by atoms with Crippen molar-refractivity contribution in [2.45, 2.75) is 47.5 Å². The highest BCUT2D eigenvalue weighted by Gasteiger charge is 2.17. The molecule has 0 radical (unpaired) electrons. The van der Waals surface area contributed by atoms with E-state index < -0.39 is 0 Å². The van der Waals surface area contributed by atoms with Gasteiger partial charge in [0.1, 0.15) is 0 Å². The predicted molar refractivity (Wildman–Crippen MR) is 71.9 cm³/mol. The number of hydrogen-bond acceptors (Lipinski definition) is 2. The summed E-state index contributed by atoms with van der Waals surface area (Å²) in [7, 11) is 0. The number of carbonyl (C=O) groups is 1. The minimum Gasteiger partial charge on any atom is -0.382 e. The summed E-state index contributed by atoms with van der Waals surface area (Å²) in [5.41, 5.74) is 0. The van der Waals surface area contributed by atoms with E-state index in [1.807, 2.05) is 6.92 Å². The Balaban J connectivity index is 3.73. The third-order valence-corrected chi connectivity index (χ3v) is 3.14. The Kier molecular flexibility index (Phi) is 9.14. The van der Waals surface area contributed by atoms with E-state index in [4.69, 9.17) is 4.74 Å². The predicted octanol–water partition coefficient (Wildman–Crippen LogP) is 2.85. The summed E-state index contributed by atoms with van der Waals surface area (Å²) >= 11 is 0. The van der Waals surface area contributed by atoms with Crippen LogP contribution >= 0.6 is 0 Å². The van der Waals surface area contributed by atoms with E-state index in [0.717, 1.165) is 19.6 Å². The van der Waals surface area contributed by atoms with Crippen molar-refractivity contribution in [2.75, 3.05) is 19.8 Å². The second kappa shape index (κ2) is 9.46. The van der Waals surface area contributed by atoms with E-state index in [-0.39, 0.29) is 5.91 Å². The van der Waals surface area contributed by atoms with Crippen LogP contribution in [0, 0.1) is 17.8 Å². The highest BCUT2D eigenvalue weighted by molar-refractivity contribution is 5.75. The van der Waals surface area contributed by atoms with Gasteiger partial charge >= 0.3 is 0 Å². The first-order valence-corrected chi connectivity index (χ1v) is 6.83. The topological polar surface area (TPSA) is 38.3 Å². The zero-order valence-corrected chi connectivity index (χ0v) is 12.1. The van der Waals surface area contributed by atoms with Gasteiger partial charge in [-0.1, -0.05) is 27.7 Å². The maximum atomic E-state index is 11.6. The molecule has 0 spiro atoms. The summed E-state index contributed by atoms with van der Waals surface area (Å²) in [4.78, 5) is 11.6. The van der Waals surface area contributed by atoms with Crippen LogP contribution in [0.2, 0.25) is 0 Å². The molecule has 0 unspecified atom stereocenters. The number of rotatable bonds is 9. The normalized spacial score (nSPS) is 11.5. The summed E-state index contributed by atoms with van der Waals surface area (Å²) in [5.74, 6) is 1.93. The average Bonchev–Trinajstić information content (AvgIpc) is 2.23. The van der Waals surface area contributed by atoms with Crippen molar-refractivity contribution in [3.63, 3.8) is 0 Å². The van der Waals surface area contributed by atoms with Crippen LogP contribution in [0.4, 0.5) is 0 Å². The first-order chi connectivity index (χ1) is 7.99. The summed E-state index contributed by atoms with van der Waals surface area (Å²) in [5, 5.41) is 3.03. The molecule has 1 N–H and O–H groups in total. The molecule has 0 atom stereocenters. The Morgan fingerprint density at radius 3 is 2.24 bits per heavy atom. The third kappa shape index (κ3) is 8.19. The van der Waals surface area contributed by atoms with E-state index >= 15 is 0 Å². The van der Waals surface area contributed by atoms with Gasteiger partial charge in [-0.25, -0.2) is 0 Å². The molecule has 17 heavy (non-hydrogen) atoms. The van der Waals surface area contributed by atoms with Crippen molar-refractivity contribution in [1.82, 2.24) is 5.32 Å². The molecule has 0 heterocycles. The molecule has 1 amide bonds. The number of nitrogens with one attached hydrogen (secondary N) is 1. The number of ether oxygens (including phenoxy) is 1. The number of carbonyl (C=O) groups excluding carboxylic acids is 1. The van der Waals surface area contributed by atoms with Crippen molar-refractivity contribution in [3.05, 3.63) is 0 Å². The van der Waals surface area contributed by atoms with Crippen LogP contribution in [0.25, 0.3) is 0 Å². The van der Waals surface area contributed by atoms with Crippen molar-refractivity contribution in [1.29, 1.82) is 0 Å². The molecule has 0 rings (SSSR count). The SMILES string of the molecule is CCOCCCC(=O)NCC(C(C)C)C(C)C. The van der Waals surface area contributed by atoms with Crippen molar-refractivity contribution < 1.29 is 9.53 Å². The van der Waals surface area contributed by atoms with Gasteiger partial charge in [-0.3, -0.25) is 4.79 Å². The van der Waals surface area contributed by atoms with Crippen LogP contribution in [0.5, 0.6) is 0 Å². The standard InChI is InChI=1S/C14H29NO2/c1-6-17-9-7-8-14(16)15-10-13(11(2)3)12(4)5/h11-13H,6-10H2,1-5H3,(H,15,16). The molecule has 3 nitrogen and oxygen atoms in total. The van der Waals surface area contributed by atoms with Crippen LogP contribution in [0.15, 0.2) is 0 Å². The molecule has 0 saturated heterocycles. The quantitative estimate of drug-likeness (QED) is 0.632. The number of hydrogen-bond donors (Lipinski definition) is 1. The smallest absolute Gasteiger partial charge is 0.220 e. The molecule has 0 bridgehead atoms. The van der Waals surface area contributed by atoms with Crippen LogP contribution in [-0.2, 0) is 9.53 Å². The fraction of sp³-hybridized carbons (Fsp3) is 0.929. The lowest BCUT2D eigenvalue weighted by Crippen LogP contribution is -2.33. The van der Waals surface area contributed by atoms with Gasteiger partial charge in [0.15, 0.2) is 0 Å². The van der Waals surface area contributed by atoms with Crippen LogP contribution in [0.1, 0.15) is 47.5 Å². The van der Waals surface area contributed by atoms with Crippen LogP contribution < -0.4 is 5.32 Å². The molecule has 0 aromatic heterocycles. The first-order valence-electron chi connectivity index (χ1n) is 6.83. The molecular weight excluding hydrogens is 214 g/mol. The largest absolute Gasteiger partial charge is 0.382 e. The molecule has 0 aliphatic heterocycles. The molecule has 0 aromatic carbocycles. The van der Waals surface area contributed by atoms with Gasteiger partial charge in [0.2, 0.25) is 5.91 Å².